The van der Waals surface area contributed by atoms with E-state index in [1.165, 1.54) is 4.90 Å². The van der Waals surface area contributed by atoms with Crippen LogP contribution in [-0.4, -0.2) is 22.7 Å². The monoisotopic (exact) mass is 605 g/mol. The van der Waals surface area contributed by atoms with E-state index >= 15 is 0 Å². The average molecular weight is 607 g/mol. The summed E-state index contributed by atoms with van der Waals surface area (Å²) in [6.45, 7) is 4.71. The lowest BCUT2D eigenvalue weighted by Gasteiger charge is -2.15. The molecular weight excluding hydrogens is 585 g/mol. The molecule has 36 heavy (non-hydrogen) atoms. The SMILES string of the molecule is CCOc1cc(/C=C2\SC(=O)N(Cc3cccc(C)c3)C2=O)cc(Br)c1OCc1ccc(Cl)cc1Cl. The number of hydrogen-bond acceptors (Lipinski definition) is 5. The fraction of sp³-hybridized carbons (Fsp3) is 0.185. The molecule has 0 atom stereocenters. The summed E-state index contributed by atoms with van der Waals surface area (Å²) < 4.78 is 12.5. The zero-order valence-corrected chi connectivity index (χ0v) is 23.4. The summed E-state index contributed by atoms with van der Waals surface area (Å²) in [5, 5.41) is 0.763. The first kappa shape index (κ1) is 26.6. The molecule has 5 nitrogen and oxygen atoms in total. The molecule has 1 heterocycles. The average Bonchev–Trinajstić information content (AvgIpc) is 3.07. The van der Waals surface area contributed by atoms with E-state index in [0.29, 0.717) is 43.1 Å². The number of halogens is 3. The highest BCUT2D eigenvalue weighted by molar-refractivity contribution is 9.10. The smallest absolute Gasteiger partial charge is 0.293 e. The third-order valence-corrected chi connectivity index (χ3v) is 7.40. The van der Waals surface area contributed by atoms with E-state index in [9.17, 15) is 9.59 Å². The summed E-state index contributed by atoms with van der Waals surface area (Å²) in [6, 6.07) is 16.6. The lowest BCUT2D eigenvalue weighted by atomic mass is 10.1. The molecule has 0 aliphatic carbocycles. The maximum absolute atomic E-state index is 13.0. The van der Waals surface area contributed by atoms with Crippen molar-refractivity contribution in [2.75, 3.05) is 6.61 Å². The van der Waals surface area contributed by atoms with Crippen molar-refractivity contribution in [1.29, 1.82) is 0 Å². The van der Waals surface area contributed by atoms with E-state index in [1.807, 2.05) is 44.2 Å². The summed E-state index contributed by atoms with van der Waals surface area (Å²) in [5.41, 5.74) is 3.45. The number of aryl methyl sites for hydroxylation is 1. The van der Waals surface area contributed by atoms with Crippen LogP contribution in [0.2, 0.25) is 10.0 Å². The van der Waals surface area contributed by atoms with Crippen LogP contribution in [0.1, 0.15) is 29.2 Å². The van der Waals surface area contributed by atoms with Gasteiger partial charge in [-0.15, -0.1) is 0 Å². The van der Waals surface area contributed by atoms with Gasteiger partial charge in [0.05, 0.1) is 22.5 Å². The molecule has 0 bridgehead atoms. The molecule has 0 unspecified atom stereocenters. The number of amides is 2. The number of rotatable bonds is 8. The van der Waals surface area contributed by atoms with Gasteiger partial charge in [0.25, 0.3) is 11.1 Å². The molecule has 0 radical (unpaired) electrons. The molecule has 0 spiro atoms. The van der Waals surface area contributed by atoms with Crippen molar-refractivity contribution in [3.05, 3.63) is 96.3 Å². The summed E-state index contributed by atoms with van der Waals surface area (Å²) in [7, 11) is 0. The first-order chi connectivity index (χ1) is 17.2. The second kappa shape index (κ2) is 11.7. The minimum Gasteiger partial charge on any atom is -0.490 e. The van der Waals surface area contributed by atoms with Crippen molar-refractivity contribution >= 4 is 68.1 Å². The Morgan fingerprint density at radius 2 is 1.86 bits per heavy atom. The topological polar surface area (TPSA) is 55.8 Å². The van der Waals surface area contributed by atoms with Gasteiger partial charge in [-0.05, 0) is 83.0 Å². The Morgan fingerprint density at radius 1 is 1.06 bits per heavy atom. The van der Waals surface area contributed by atoms with Crippen LogP contribution < -0.4 is 9.47 Å². The number of ether oxygens (including phenoxy) is 2. The highest BCUT2D eigenvalue weighted by atomic mass is 79.9. The van der Waals surface area contributed by atoms with Crippen LogP contribution in [0.25, 0.3) is 6.08 Å². The third-order valence-electron chi connectivity index (χ3n) is 5.31. The van der Waals surface area contributed by atoms with Crippen LogP contribution in [-0.2, 0) is 17.9 Å². The van der Waals surface area contributed by atoms with E-state index in [4.69, 9.17) is 32.7 Å². The Hall–Kier alpha value is -2.45. The van der Waals surface area contributed by atoms with Gasteiger partial charge in [0.15, 0.2) is 11.5 Å². The van der Waals surface area contributed by atoms with Gasteiger partial charge in [-0.25, -0.2) is 0 Å². The Kier molecular flexibility index (Phi) is 8.67. The molecule has 186 valence electrons. The molecule has 1 aliphatic rings. The van der Waals surface area contributed by atoms with Crippen LogP contribution in [0, 0.1) is 6.92 Å². The van der Waals surface area contributed by atoms with Crippen molar-refractivity contribution < 1.29 is 19.1 Å². The maximum Gasteiger partial charge on any atom is 0.293 e. The van der Waals surface area contributed by atoms with Crippen LogP contribution in [0.5, 0.6) is 11.5 Å². The highest BCUT2D eigenvalue weighted by Gasteiger charge is 2.35. The van der Waals surface area contributed by atoms with Crippen LogP contribution in [0.4, 0.5) is 4.79 Å². The quantitative estimate of drug-likeness (QED) is 0.241. The summed E-state index contributed by atoms with van der Waals surface area (Å²) >= 11 is 16.7. The van der Waals surface area contributed by atoms with Gasteiger partial charge in [0.2, 0.25) is 0 Å². The normalized spacial score (nSPS) is 14.6. The largest absolute Gasteiger partial charge is 0.490 e. The Morgan fingerprint density at radius 3 is 2.58 bits per heavy atom. The molecule has 3 aromatic rings. The molecule has 0 saturated carbocycles. The number of imide groups is 1. The Bertz CT molecular complexity index is 1360. The van der Waals surface area contributed by atoms with E-state index < -0.39 is 0 Å². The van der Waals surface area contributed by atoms with Gasteiger partial charge >= 0.3 is 0 Å². The first-order valence-corrected chi connectivity index (χ1v) is 13.5. The molecule has 2 amide bonds. The standard InChI is InChI=1S/C27H22BrCl2NO4S/c1-3-34-23-11-18(10-21(28)25(23)35-15-19-7-8-20(29)13-22(19)30)12-24-26(32)31(27(33)36-24)14-17-6-4-5-16(2)9-17/h4-13H,3,14-15H2,1-2H3/b24-12-. The van der Waals surface area contributed by atoms with E-state index in [1.54, 1.807) is 30.3 Å². The molecule has 3 aromatic carbocycles. The van der Waals surface area contributed by atoms with Crippen molar-refractivity contribution in [3.63, 3.8) is 0 Å². The molecule has 9 heteroatoms. The number of carbonyl (C=O) groups excluding carboxylic acids is 2. The van der Waals surface area contributed by atoms with Crippen molar-refractivity contribution in [2.45, 2.75) is 27.0 Å². The Labute approximate surface area is 232 Å². The van der Waals surface area contributed by atoms with Gasteiger partial charge in [-0.2, -0.15) is 0 Å². The van der Waals surface area contributed by atoms with Gasteiger partial charge in [-0.1, -0.05) is 59.1 Å². The number of thioether (sulfide) groups is 1. The van der Waals surface area contributed by atoms with E-state index in [-0.39, 0.29) is 24.3 Å². The maximum atomic E-state index is 13.0. The van der Waals surface area contributed by atoms with Gasteiger partial charge < -0.3 is 9.47 Å². The Balaban J connectivity index is 1.56. The zero-order chi connectivity index (χ0) is 25.8. The van der Waals surface area contributed by atoms with Gasteiger partial charge in [0, 0.05) is 15.6 Å². The summed E-state index contributed by atoms with van der Waals surface area (Å²) in [5.74, 6) is 0.688. The predicted octanol–water partition coefficient (Wildman–Crippen LogP) is 8.28. The molecule has 4 rings (SSSR count). The summed E-state index contributed by atoms with van der Waals surface area (Å²) in [4.78, 5) is 27.2. The lowest BCUT2D eigenvalue weighted by molar-refractivity contribution is -0.123. The van der Waals surface area contributed by atoms with Gasteiger partial charge in [-0.3, -0.25) is 14.5 Å². The van der Waals surface area contributed by atoms with Crippen molar-refractivity contribution in [1.82, 2.24) is 4.90 Å². The molecule has 0 aromatic heterocycles. The minimum absolute atomic E-state index is 0.214. The van der Waals surface area contributed by atoms with Gasteiger partial charge in [0.1, 0.15) is 6.61 Å². The second-order valence-electron chi connectivity index (χ2n) is 8.04. The zero-order valence-electron chi connectivity index (χ0n) is 19.5. The molecular formula is C27H22BrCl2NO4S. The number of nitrogens with zero attached hydrogens (tertiary/aromatic N) is 1. The number of hydrogen-bond donors (Lipinski definition) is 0. The fourth-order valence-electron chi connectivity index (χ4n) is 3.64. The molecule has 0 N–H and O–H groups in total. The van der Waals surface area contributed by atoms with E-state index in [2.05, 4.69) is 15.9 Å². The minimum atomic E-state index is -0.321. The van der Waals surface area contributed by atoms with E-state index in [0.717, 1.165) is 28.5 Å². The number of benzene rings is 3. The second-order valence-corrected chi connectivity index (χ2v) is 10.7. The van der Waals surface area contributed by atoms with Crippen LogP contribution in [0.15, 0.2) is 64.0 Å². The third kappa shape index (κ3) is 6.27. The summed E-state index contributed by atoms with van der Waals surface area (Å²) in [6.07, 6.45) is 1.69. The predicted molar refractivity (Wildman–Crippen MR) is 149 cm³/mol. The van der Waals surface area contributed by atoms with Crippen molar-refractivity contribution in [3.8, 4) is 11.5 Å². The first-order valence-electron chi connectivity index (χ1n) is 11.1. The molecule has 1 fully saturated rings. The van der Waals surface area contributed by atoms with Crippen molar-refractivity contribution in [2.24, 2.45) is 0 Å². The fourth-order valence-corrected chi connectivity index (χ4v) is 5.52. The number of carbonyl (C=O) groups is 2. The lowest BCUT2D eigenvalue weighted by Crippen LogP contribution is -2.27. The molecule has 1 saturated heterocycles. The highest BCUT2D eigenvalue weighted by Crippen LogP contribution is 2.40. The van der Waals surface area contributed by atoms with Crippen LogP contribution >= 0.6 is 50.9 Å². The molecule has 1 aliphatic heterocycles. The van der Waals surface area contributed by atoms with Crippen LogP contribution in [0.3, 0.4) is 0 Å².